The first-order valence-corrected chi connectivity index (χ1v) is 8.31. The molecule has 6 heteroatoms. The molecule has 2 heterocycles. The van der Waals surface area contributed by atoms with Gasteiger partial charge in [-0.05, 0) is 30.5 Å². The van der Waals surface area contributed by atoms with Crippen molar-refractivity contribution >= 4 is 23.2 Å². The predicted octanol–water partition coefficient (Wildman–Crippen LogP) is 4.94. The normalized spacial score (nSPS) is 12.6. The molecule has 122 valence electrons. The van der Waals surface area contributed by atoms with E-state index in [4.69, 9.17) is 11.6 Å². The third-order valence-electron chi connectivity index (χ3n) is 2.90. The highest BCUT2D eigenvalue weighted by Gasteiger charge is 2.26. The van der Waals surface area contributed by atoms with Crippen molar-refractivity contribution in [3.63, 3.8) is 0 Å². The zero-order chi connectivity index (χ0) is 16.5. The average molecular weight is 324 g/mol. The Labute approximate surface area is 138 Å². The molecule has 0 aliphatic heterocycles. The average Bonchev–Trinajstić information content (AvgIpc) is 3.27. The van der Waals surface area contributed by atoms with Gasteiger partial charge in [-0.2, -0.15) is 5.10 Å². The van der Waals surface area contributed by atoms with Gasteiger partial charge in [-0.25, -0.2) is 9.97 Å². The summed E-state index contributed by atoms with van der Waals surface area (Å²) in [7, 11) is 1.91. The maximum Gasteiger partial charge on any atom is 0.224 e. The lowest BCUT2D eigenvalue weighted by molar-refractivity contribution is 0.953. The van der Waals surface area contributed by atoms with E-state index >= 15 is 0 Å². The van der Waals surface area contributed by atoms with E-state index in [-0.39, 0.29) is 5.28 Å². The van der Waals surface area contributed by atoms with Crippen LogP contribution in [0, 0.1) is 0 Å². The minimum Gasteiger partial charge on any atom is -0.313 e. The fourth-order valence-corrected chi connectivity index (χ4v) is 1.87. The van der Waals surface area contributed by atoms with Gasteiger partial charge in [0, 0.05) is 30.9 Å². The van der Waals surface area contributed by atoms with Crippen LogP contribution in [0.3, 0.4) is 0 Å². The third-order valence-corrected chi connectivity index (χ3v) is 3.08. The van der Waals surface area contributed by atoms with E-state index in [9.17, 15) is 0 Å². The highest BCUT2D eigenvalue weighted by atomic mass is 35.5. The summed E-state index contributed by atoms with van der Waals surface area (Å²) in [6, 6.07) is 3.87. The molecule has 1 fully saturated rings. The van der Waals surface area contributed by atoms with Crippen LogP contribution >= 0.6 is 11.6 Å². The van der Waals surface area contributed by atoms with Crippen molar-refractivity contribution in [2.45, 2.75) is 52.9 Å². The maximum atomic E-state index is 5.76. The standard InChI is InChI=1S/C11H12ClN5.C3H8.C2H6/c1-17(9-4-5-13-11(12)14-9)10-6-8(15-16-10)7-2-3-7;1-3-2;1-2/h4-7H,2-3H2,1H3,(H,15,16);3H2,1-2H3;1-2H3. The molecule has 3 rings (SSSR count). The first-order valence-electron chi connectivity index (χ1n) is 7.93. The lowest BCUT2D eigenvalue weighted by Crippen LogP contribution is -2.11. The molecule has 1 aliphatic rings. The van der Waals surface area contributed by atoms with Crippen molar-refractivity contribution in [3.8, 4) is 0 Å². The van der Waals surface area contributed by atoms with E-state index in [2.05, 4.69) is 40.1 Å². The Morgan fingerprint density at radius 3 is 2.45 bits per heavy atom. The molecule has 0 aromatic carbocycles. The van der Waals surface area contributed by atoms with Gasteiger partial charge in [0.2, 0.25) is 5.28 Å². The molecular weight excluding hydrogens is 298 g/mol. The van der Waals surface area contributed by atoms with Crippen LogP contribution in [0.25, 0.3) is 0 Å². The van der Waals surface area contributed by atoms with Crippen LogP contribution in [-0.2, 0) is 0 Å². The van der Waals surface area contributed by atoms with Crippen LogP contribution in [0.5, 0.6) is 0 Å². The van der Waals surface area contributed by atoms with Crippen LogP contribution < -0.4 is 4.90 Å². The van der Waals surface area contributed by atoms with E-state index in [0.717, 1.165) is 11.6 Å². The molecule has 0 spiro atoms. The van der Waals surface area contributed by atoms with Crippen molar-refractivity contribution in [1.29, 1.82) is 0 Å². The first-order chi connectivity index (χ1) is 10.7. The molecule has 0 bridgehead atoms. The Hall–Kier alpha value is -1.62. The lowest BCUT2D eigenvalue weighted by Gasteiger charge is -2.14. The number of H-pyrrole nitrogens is 1. The molecule has 1 saturated carbocycles. The number of halogens is 1. The van der Waals surface area contributed by atoms with Gasteiger partial charge in [0.05, 0.1) is 0 Å². The molecule has 1 aliphatic carbocycles. The summed E-state index contributed by atoms with van der Waals surface area (Å²) < 4.78 is 0. The smallest absolute Gasteiger partial charge is 0.224 e. The van der Waals surface area contributed by atoms with Crippen molar-refractivity contribution < 1.29 is 0 Å². The van der Waals surface area contributed by atoms with Crippen molar-refractivity contribution in [2.75, 3.05) is 11.9 Å². The largest absolute Gasteiger partial charge is 0.313 e. The number of nitrogens with zero attached hydrogens (tertiary/aromatic N) is 4. The summed E-state index contributed by atoms with van der Waals surface area (Å²) in [5.41, 5.74) is 1.20. The molecule has 5 nitrogen and oxygen atoms in total. The number of hydrogen-bond donors (Lipinski definition) is 1. The molecule has 0 atom stereocenters. The third kappa shape index (κ3) is 5.30. The van der Waals surface area contributed by atoms with Crippen molar-refractivity contribution in [2.24, 2.45) is 0 Å². The number of aromatic amines is 1. The van der Waals surface area contributed by atoms with Gasteiger partial charge >= 0.3 is 0 Å². The maximum absolute atomic E-state index is 5.76. The number of rotatable bonds is 3. The Balaban J connectivity index is 0.000000435. The molecule has 2 aromatic heterocycles. The first kappa shape index (κ1) is 18.4. The summed E-state index contributed by atoms with van der Waals surface area (Å²) >= 11 is 5.76. The summed E-state index contributed by atoms with van der Waals surface area (Å²) in [4.78, 5) is 9.89. The predicted molar refractivity (Wildman–Crippen MR) is 93.0 cm³/mol. The minimum atomic E-state index is 0.243. The molecular formula is C16H26ClN5. The second-order valence-corrected chi connectivity index (χ2v) is 5.24. The van der Waals surface area contributed by atoms with Crippen LogP contribution in [-0.4, -0.2) is 27.2 Å². The number of anilines is 2. The Bertz CT molecular complexity index is 551. The Morgan fingerprint density at radius 1 is 1.27 bits per heavy atom. The van der Waals surface area contributed by atoms with Gasteiger partial charge < -0.3 is 4.90 Å². The monoisotopic (exact) mass is 323 g/mol. The summed E-state index contributed by atoms with van der Waals surface area (Å²) in [5.74, 6) is 2.25. The zero-order valence-electron chi connectivity index (χ0n) is 14.1. The van der Waals surface area contributed by atoms with Gasteiger partial charge in [-0.1, -0.05) is 34.1 Å². The fraction of sp³-hybridized carbons (Fsp3) is 0.562. The second-order valence-electron chi connectivity index (χ2n) is 4.91. The van der Waals surface area contributed by atoms with Gasteiger partial charge in [-0.15, -0.1) is 0 Å². The molecule has 2 aromatic rings. The van der Waals surface area contributed by atoms with Crippen LogP contribution in [0.4, 0.5) is 11.6 Å². The molecule has 0 radical (unpaired) electrons. The Kier molecular flexibility index (Phi) is 7.88. The summed E-state index contributed by atoms with van der Waals surface area (Å²) in [6.07, 6.45) is 5.39. The Morgan fingerprint density at radius 2 is 1.91 bits per heavy atom. The van der Waals surface area contributed by atoms with Gasteiger partial charge in [0.15, 0.2) is 5.82 Å². The topological polar surface area (TPSA) is 57.7 Å². The highest BCUT2D eigenvalue weighted by Crippen LogP contribution is 2.40. The summed E-state index contributed by atoms with van der Waals surface area (Å²) in [6.45, 7) is 8.25. The number of aromatic nitrogens is 4. The van der Waals surface area contributed by atoms with E-state index in [1.165, 1.54) is 25.0 Å². The number of nitrogens with one attached hydrogen (secondary N) is 1. The molecule has 0 saturated heterocycles. The van der Waals surface area contributed by atoms with Crippen molar-refractivity contribution in [1.82, 2.24) is 20.2 Å². The summed E-state index contributed by atoms with van der Waals surface area (Å²) in [5, 5.41) is 7.59. The lowest BCUT2D eigenvalue weighted by atomic mass is 10.3. The molecule has 0 unspecified atom stereocenters. The van der Waals surface area contributed by atoms with Gasteiger partial charge in [0.1, 0.15) is 5.82 Å². The van der Waals surface area contributed by atoms with E-state index in [1.807, 2.05) is 25.8 Å². The van der Waals surface area contributed by atoms with Crippen LogP contribution in [0.15, 0.2) is 18.3 Å². The molecule has 1 N–H and O–H groups in total. The number of hydrogen-bond acceptors (Lipinski definition) is 4. The minimum absolute atomic E-state index is 0.243. The second kappa shape index (κ2) is 9.41. The molecule has 0 amide bonds. The quantitative estimate of drug-likeness (QED) is 0.813. The highest BCUT2D eigenvalue weighted by molar-refractivity contribution is 6.28. The van der Waals surface area contributed by atoms with Crippen LogP contribution in [0.2, 0.25) is 5.28 Å². The van der Waals surface area contributed by atoms with E-state index in [1.54, 1.807) is 12.3 Å². The zero-order valence-corrected chi connectivity index (χ0v) is 14.9. The SMILES string of the molecule is CC.CCC.CN(c1cc(C2CC2)[nH]n1)c1ccnc(Cl)n1. The van der Waals surface area contributed by atoms with E-state index < -0.39 is 0 Å². The fourth-order valence-electron chi connectivity index (χ4n) is 1.73. The van der Waals surface area contributed by atoms with Gasteiger partial charge in [0.25, 0.3) is 0 Å². The van der Waals surface area contributed by atoms with E-state index in [0.29, 0.717) is 5.92 Å². The van der Waals surface area contributed by atoms with Gasteiger partial charge in [-0.3, -0.25) is 5.10 Å². The van der Waals surface area contributed by atoms with Crippen molar-refractivity contribution in [3.05, 3.63) is 29.3 Å². The van der Waals surface area contributed by atoms with Crippen LogP contribution in [0.1, 0.15) is 58.6 Å². The molecule has 22 heavy (non-hydrogen) atoms.